The van der Waals surface area contributed by atoms with E-state index in [1.165, 1.54) is 0 Å². The van der Waals surface area contributed by atoms with Crippen molar-refractivity contribution in [2.24, 2.45) is 0 Å². The zero-order valence-electron chi connectivity index (χ0n) is 11.9. The highest BCUT2D eigenvalue weighted by Crippen LogP contribution is 2.40. The summed E-state index contributed by atoms with van der Waals surface area (Å²) >= 11 is 0. The third-order valence-electron chi connectivity index (χ3n) is 4.29. The minimum absolute atomic E-state index is 0.246. The minimum atomic E-state index is -0.622. The van der Waals surface area contributed by atoms with Crippen molar-refractivity contribution in [3.05, 3.63) is 24.3 Å². The number of hydrogen-bond acceptors (Lipinski definition) is 4. The summed E-state index contributed by atoms with van der Waals surface area (Å²) in [6.07, 6.45) is 4.80. The van der Waals surface area contributed by atoms with Crippen molar-refractivity contribution in [3.63, 3.8) is 0 Å². The van der Waals surface area contributed by atoms with E-state index in [0.717, 1.165) is 37.2 Å². The van der Waals surface area contributed by atoms with Crippen LogP contribution in [0, 0.1) is 0 Å². The number of aliphatic hydroxyl groups is 1. The summed E-state index contributed by atoms with van der Waals surface area (Å²) in [7, 11) is 1.64. The van der Waals surface area contributed by atoms with Gasteiger partial charge in [-0.25, -0.2) is 0 Å². The van der Waals surface area contributed by atoms with Gasteiger partial charge in [0.05, 0.1) is 31.5 Å². The Hall–Kier alpha value is -1.26. The van der Waals surface area contributed by atoms with Gasteiger partial charge in [-0.05, 0) is 25.0 Å². The molecular weight excluding hydrogens is 256 g/mol. The second-order valence-corrected chi connectivity index (χ2v) is 5.87. The Balaban J connectivity index is 1.51. The molecule has 4 heteroatoms. The number of benzene rings is 1. The molecule has 2 bridgehead atoms. The lowest BCUT2D eigenvalue weighted by Crippen LogP contribution is -2.42. The van der Waals surface area contributed by atoms with Crippen LogP contribution in [0.2, 0.25) is 0 Å². The molecule has 2 atom stereocenters. The molecule has 2 unspecified atom stereocenters. The summed E-state index contributed by atoms with van der Waals surface area (Å²) in [6.45, 7) is 0.517. The van der Waals surface area contributed by atoms with Crippen LogP contribution in [-0.4, -0.2) is 36.6 Å². The summed E-state index contributed by atoms with van der Waals surface area (Å²) < 4.78 is 16.7. The molecule has 2 saturated heterocycles. The molecule has 110 valence electrons. The molecule has 0 saturated carbocycles. The first-order valence-electron chi connectivity index (χ1n) is 7.32. The smallest absolute Gasteiger partial charge is 0.122 e. The van der Waals surface area contributed by atoms with Gasteiger partial charge in [-0.2, -0.15) is 0 Å². The molecule has 0 aliphatic carbocycles. The van der Waals surface area contributed by atoms with Crippen LogP contribution in [0.1, 0.15) is 32.1 Å². The van der Waals surface area contributed by atoms with E-state index in [1.54, 1.807) is 7.11 Å². The molecule has 4 nitrogen and oxygen atoms in total. The van der Waals surface area contributed by atoms with Gasteiger partial charge in [0.15, 0.2) is 0 Å². The first-order valence-corrected chi connectivity index (χ1v) is 7.32. The van der Waals surface area contributed by atoms with E-state index in [4.69, 9.17) is 14.2 Å². The largest absolute Gasteiger partial charge is 0.497 e. The fourth-order valence-electron chi connectivity index (χ4n) is 3.27. The van der Waals surface area contributed by atoms with E-state index in [1.807, 2.05) is 24.3 Å². The summed E-state index contributed by atoms with van der Waals surface area (Å²) in [5.41, 5.74) is -0.622. The number of hydrogen-bond donors (Lipinski definition) is 1. The number of rotatable bonds is 5. The Kier molecular flexibility index (Phi) is 3.85. The highest BCUT2D eigenvalue weighted by atomic mass is 16.5. The fourth-order valence-corrected chi connectivity index (χ4v) is 3.27. The number of fused-ring (bicyclic) bond motifs is 2. The zero-order chi connectivity index (χ0) is 14.0. The van der Waals surface area contributed by atoms with Crippen LogP contribution in [0.15, 0.2) is 24.3 Å². The van der Waals surface area contributed by atoms with E-state index in [0.29, 0.717) is 13.0 Å². The van der Waals surface area contributed by atoms with Gasteiger partial charge in [0.1, 0.15) is 11.5 Å². The molecule has 2 aliphatic rings. The van der Waals surface area contributed by atoms with Gasteiger partial charge < -0.3 is 19.3 Å². The minimum Gasteiger partial charge on any atom is -0.497 e. The van der Waals surface area contributed by atoms with Crippen LogP contribution < -0.4 is 9.47 Å². The third kappa shape index (κ3) is 3.07. The summed E-state index contributed by atoms with van der Waals surface area (Å²) in [5.74, 6) is 1.56. The summed E-state index contributed by atoms with van der Waals surface area (Å²) in [6, 6.07) is 7.55. The van der Waals surface area contributed by atoms with E-state index >= 15 is 0 Å². The van der Waals surface area contributed by atoms with Crippen molar-refractivity contribution in [2.75, 3.05) is 13.7 Å². The highest BCUT2D eigenvalue weighted by molar-refractivity contribution is 5.32. The van der Waals surface area contributed by atoms with Gasteiger partial charge in [-0.3, -0.25) is 0 Å². The van der Waals surface area contributed by atoms with E-state index in [9.17, 15) is 5.11 Å². The van der Waals surface area contributed by atoms with Crippen molar-refractivity contribution < 1.29 is 19.3 Å². The highest BCUT2D eigenvalue weighted by Gasteiger charge is 2.43. The van der Waals surface area contributed by atoms with Crippen LogP contribution >= 0.6 is 0 Å². The van der Waals surface area contributed by atoms with Crippen molar-refractivity contribution in [1.82, 2.24) is 0 Å². The van der Waals surface area contributed by atoms with Crippen LogP contribution in [0.25, 0.3) is 0 Å². The maximum absolute atomic E-state index is 10.6. The van der Waals surface area contributed by atoms with Crippen molar-refractivity contribution >= 4 is 0 Å². The predicted molar refractivity (Wildman–Crippen MR) is 75.2 cm³/mol. The molecule has 3 rings (SSSR count). The second kappa shape index (κ2) is 5.62. The lowest BCUT2D eigenvalue weighted by molar-refractivity contribution is -0.117. The molecule has 0 aromatic heterocycles. The molecule has 1 aromatic carbocycles. The molecule has 2 aliphatic heterocycles. The van der Waals surface area contributed by atoms with E-state index in [2.05, 4.69) is 0 Å². The topological polar surface area (TPSA) is 47.9 Å². The first kappa shape index (κ1) is 13.7. The normalized spacial score (nSPS) is 32.1. The zero-order valence-corrected chi connectivity index (χ0v) is 11.9. The third-order valence-corrected chi connectivity index (χ3v) is 4.29. The van der Waals surface area contributed by atoms with Crippen LogP contribution in [0.3, 0.4) is 0 Å². The number of ether oxygens (including phenoxy) is 3. The van der Waals surface area contributed by atoms with Crippen molar-refractivity contribution in [3.8, 4) is 11.5 Å². The molecule has 2 fully saturated rings. The predicted octanol–water partition coefficient (Wildman–Crippen LogP) is 2.54. The molecular formula is C16H22O4. The SMILES string of the molecule is COc1cccc(OCCC2(O)CC3CCC(C2)O3)c1. The van der Waals surface area contributed by atoms with Gasteiger partial charge in [0.25, 0.3) is 0 Å². The van der Waals surface area contributed by atoms with Crippen LogP contribution in [0.4, 0.5) is 0 Å². The van der Waals surface area contributed by atoms with Gasteiger partial charge in [-0.1, -0.05) is 6.07 Å². The van der Waals surface area contributed by atoms with Gasteiger partial charge in [0.2, 0.25) is 0 Å². The Labute approximate surface area is 119 Å². The Morgan fingerprint density at radius 2 is 1.95 bits per heavy atom. The lowest BCUT2D eigenvalue weighted by atomic mass is 9.87. The molecule has 20 heavy (non-hydrogen) atoms. The Morgan fingerprint density at radius 1 is 1.25 bits per heavy atom. The second-order valence-electron chi connectivity index (χ2n) is 5.87. The molecule has 0 amide bonds. The average molecular weight is 278 g/mol. The van der Waals surface area contributed by atoms with E-state index in [-0.39, 0.29) is 12.2 Å². The maximum atomic E-state index is 10.6. The average Bonchev–Trinajstić information content (AvgIpc) is 2.79. The van der Waals surface area contributed by atoms with Gasteiger partial charge in [-0.15, -0.1) is 0 Å². The molecule has 1 N–H and O–H groups in total. The Morgan fingerprint density at radius 3 is 2.65 bits per heavy atom. The molecule has 0 radical (unpaired) electrons. The number of methoxy groups -OCH3 is 1. The quantitative estimate of drug-likeness (QED) is 0.899. The van der Waals surface area contributed by atoms with Gasteiger partial charge >= 0.3 is 0 Å². The van der Waals surface area contributed by atoms with Crippen molar-refractivity contribution in [2.45, 2.75) is 49.9 Å². The monoisotopic (exact) mass is 278 g/mol. The molecule has 1 aromatic rings. The first-order chi connectivity index (χ1) is 9.67. The standard InChI is InChI=1S/C16H22O4/c1-18-12-3-2-4-13(9-12)19-8-7-16(17)10-14-5-6-15(11-16)20-14/h2-4,9,14-15,17H,5-8,10-11H2,1H3. The summed E-state index contributed by atoms with van der Waals surface area (Å²) in [5, 5.41) is 10.6. The van der Waals surface area contributed by atoms with Gasteiger partial charge in [0, 0.05) is 25.3 Å². The fraction of sp³-hybridized carbons (Fsp3) is 0.625. The van der Waals surface area contributed by atoms with Crippen LogP contribution in [-0.2, 0) is 4.74 Å². The van der Waals surface area contributed by atoms with Crippen molar-refractivity contribution in [1.29, 1.82) is 0 Å². The summed E-state index contributed by atoms with van der Waals surface area (Å²) in [4.78, 5) is 0. The maximum Gasteiger partial charge on any atom is 0.122 e. The van der Waals surface area contributed by atoms with E-state index < -0.39 is 5.60 Å². The van der Waals surface area contributed by atoms with Crippen LogP contribution in [0.5, 0.6) is 11.5 Å². The molecule has 2 heterocycles. The lowest BCUT2D eigenvalue weighted by Gasteiger charge is -2.36. The molecule has 0 spiro atoms. The Bertz CT molecular complexity index is 448.